The molecule has 1 aromatic rings. The Morgan fingerprint density at radius 2 is 1.94 bits per heavy atom. The molecule has 0 aliphatic heterocycles. The van der Waals surface area contributed by atoms with Crippen molar-refractivity contribution in [3.05, 3.63) is 29.8 Å². The lowest BCUT2D eigenvalue weighted by Gasteiger charge is -2.21. The summed E-state index contributed by atoms with van der Waals surface area (Å²) in [7, 11) is 0. The van der Waals surface area contributed by atoms with E-state index in [4.69, 9.17) is 0 Å². The molecule has 0 amide bonds. The van der Waals surface area contributed by atoms with Gasteiger partial charge in [-0.2, -0.15) is 0 Å². The highest BCUT2D eigenvalue weighted by Crippen LogP contribution is 2.44. The summed E-state index contributed by atoms with van der Waals surface area (Å²) in [4.78, 5) is 13.3. The molecule has 2 heteroatoms. The van der Waals surface area contributed by atoms with Gasteiger partial charge in [0.1, 0.15) is 0 Å². The average Bonchev–Trinajstić information content (AvgIpc) is 2.51. The molecule has 1 fully saturated rings. The molecular formula is C14H18OS. The fourth-order valence-electron chi connectivity index (χ4n) is 2.24. The zero-order chi connectivity index (χ0) is 11.8. The molecule has 0 spiro atoms. The van der Waals surface area contributed by atoms with Crippen LogP contribution in [0.4, 0.5) is 0 Å². The summed E-state index contributed by atoms with van der Waals surface area (Å²) >= 11 is 1.72. The van der Waals surface area contributed by atoms with E-state index in [0.717, 1.165) is 12.8 Å². The highest BCUT2D eigenvalue weighted by atomic mass is 32.2. The second kappa shape index (κ2) is 4.25. The first-order valence-corrected chi connectivity index (χ1v) is 6.63. The van der Waals surface area contributed by atoms with Crippen LogP contribution in [0.1, 0.15) is 32.3 Å². The number of carbonyl (C=O) groups is 1. The van der Waals surface area contributed by atoms with Gasteiger partial charge in [-0.15, -0.1) is 11.8 Å². The van der Waals surface area contributed by atoms with E-state index in [1.807, 2.05) is 6.92 Å². The van der Waals surface area contributed by atoms with Gasteiger partial charge in [0.25, 0.3) is 0 Å². The van der Waals surface area contributed by atoms with Gasteiger partial charge < -0.3 is 0 Å². The molecule has 1 aliphatic rings. The van der Waals surface area contributed by atoms with Crippen molar-refractivity contribution in [1.82, 2.24) is 0 Å². The topological polar surface area (TPSA) is 17.1 Å². The lowest BCUT2D eigenvalue weighted by Crippen LogP contribution is -2.27. The predicted octanol–water partition coefficient (Wildman–Crippen LogP) is 3.84. The number of hydrogen-bond acceptors (Lipinski definition) is 2. The first kappa shape index (κ1) is 11.7. The largest absolute Gasteiger partial charge is 0.298 e. The fraction of sp³-hybridized carbons (Fsp3) is 0.500. The van der Waals surface area contributed by atoms with Crippen molar-refractivity contribution >= 4 is 17.5 Å². The van der Waals surface area contributed by atoms with Gasteiger partial charge in [-0.3, -0.25) is 4.79 Å². The number of ketones is 1. The van der Waals surface area contributed by atoms with Gasteiger partial charge in [0.2, 0.25) is 0 Å². The smallest absolute Gasteiger partial charge is 0.151 e. The number of rotatable bonds is 2. The van der Waals surface area contributed by atoms with Crippen LogP contribution in [-0.4, -0.2) is 10.5 Å². The summed E-state index contributed by atoms with van der Waals surface area (Å²) in [5.74, 6) is 0.654. The maximum absolute atomic E-state index is 12.1. The maximum atomic E-state index is 12.1. The van der Waals surface area contributed by atoms with E-state index in [2.05, 4.69) is 38.1 Å². The zero-order valence-corrected chi connectivity index (χ0v) is 10.9. The molecule has 2 atom stereocenters. The van der Waals surface area contributed by atoms with Gasteiger partial charge in [-0.1, -0.05) is 24.6 Å². The Kier molecular flexibility index (Phi) is 3.11. The number of thioether (sulfide) groups is 1. The normalized spacial score (nSPS) is 29.7. The minimum absolute atomic E-state index is 0.200. The monoisotopic (exact) mass is 234 g/mol. The molecule has 2 unspecified atom stereocenters. The number of hydrogen-bond donors (Lipinski definition) is 0. The van der Waals surface area contributed by atoms with E-state index in [1.54, 1.807) is 11.8 Å². The Labute approximate surface area is 102 Å². The highest BCUT2D eigenvalue weighted by Gasteiger charge is 2.42. The highest BCUT2D eigenvalue weighted by molar-refractivity contribution is 8.01. The molecule has 86 valence electrons. The minimum Gasteiger partial charge on any atom is -0.298 e. The Morgan fingerprint density at radius 1 is 1.31 bits per heavy atom. The number of aryl methyl sites for hydroxylation is 1. The molecule has 1 aliphatic carbocycles. The van der Waals surface area contributed by atoms with Crippen molar-refractivity contribution in [3.63, 3.8) is 0 Å². The lowest BCUT2D eigenvalue weighted by atomic mass is 10.1. The first-order chi connectivity index (χ1) is 7.51. The summed E-state index contributed by atoms with van der Waals surface area (Å²) in [6.07, 6.45) is 2.04. The summed E-state index contributed by atoms with van der Waals surface area (Å²) in [6.45, 7) is 6.21. The molecule has 0 saturated heterocycles. The van der Waals surface area contributed by atoms with Crippen molar-refractivity contribution in [2.75, 3.05) is 0 Å². The van der Waals surface area contributed by atoms with Crippen molar-refractivity contribution < 1.29 is 4.79 Å². The number of carbonyl (C=O) groups excluding carboxylic acids is 1. The summed E-state index contributed by atoms with van der Waals surface area (Å²) in [6, 6.07) is 8.44. The van der Waals surface area contributed by atoms with Crippen LogP contribution >= 0.6 is 11.8 Å². The van der Waals surface area contributed by atoms with Gasteiger partial charge in [0, 0.05) is 10.8 Å². The molecular weight excluding hydrogens is 216 g/mol. The van der Waals surface area contributed by atoms with Crippen molar-refractivity contribution in [3.8, 4) is 0 Å². The molecule has 0 heterocycles. The van der Waals surface area contributed by atoms with E-state index < -0.39 is 0 Å². The molecule has 1 nitrogen and oxygen atoms in total. The molecule has 1 saturated carbocycles. The molecule has 0 N–H and O–H groups in total. The van der Waals surface area contributed by atoms with E-state index in [0.29, 0.717) is 5.78 Å². The van der Waals surface area contributed by atoms with Crippen LogP contribution in [-0.2, 0) is 4.79 Å². The van der Waals surface area contributed by atoms with Crippen LogP contribution in [0.15, 0.2) is 29.2 Å². The van der Waals surface area contributed by atoms with Gasteiger partial charge in [-0.25, -0.2) is 0 Å². The van der Waals surface area contributed by atoms with Gasteiger partial charge in [-0.05, 0) is 38.8 Å². The molecule has 0 aromatic heterocycles. The Balaban J connectivity index is 2.15. The molecule has 1 aromatic carbocycles. The SMILES string of the molecule is Cc1ccc(SC2(C)CCC(C)C2=O)cc1. The van der Waals surface area contributed by atoms with Gasteiger partial charge in [0.05, 0.1) is 4.75 Å². The Morgan fingerprint density at radius 3 is 2.44 bits per heavy atom. The minimum atomic E-state index is -0.200. The fourth-order valence-corrected chi connectivity index (χ4v) is 3.55. The molecule has 2 rings (SSSR count). The summed E-state index contributed by atoms with van der Waals surface area (Å²) < 4.78 is -0.200. The van der Waals surface area contributed by atoms with E-state index in [9.17, 15) is 4.79 Å². The predicted molar refractivity (Wildman–Crippen MR) is 68.8 cm³/mol. The van der Waals surface area contributed by atoms with Crippen LogP contribution in [0.25, 0.3) is 0 Å². The zero-order valence-electron chi connectivity index (χ0n) is 10.1. The molecule has 0 bridgehead atoms. The van der Waals surface area contributed by atoms with Crippen LogP contribution < -0.4 is 0 Å². The quantitative estimate of drug-likeness (QED) is 0.773. The standard InChI is InChI=1S/C14H18OS/c1-10-4-6-12(7-5-10)16-14(3)9-8-11(2)13(14)15/h4-7,11H,8-9H2,1-3H3. The van der Waals surface area contributed by atoms with Crippen molar-refractivity contribution in [1.29, 1.82) is 0 Å². The van der Waals surface area contributed by atoms with Crippen molar-refractivity contribution in [2.24, 2.45) is 5.92 Å². The van der Waals surface area contributed by atoms with Crippen LogP contribution in [0, 0.1) is 12.8 Å². The summed E-state index contributed by atoms with van der Waals surface area (Å²) in [5, 5.41) is 0. The molecule has 16 heavy (non-hydrogen) atoms. The third kappa shape index (κ3) is 2.17. The Hall–Kier alpha value is -0.760. The van der Waals surface area contributed by atoms with E-state index >= 15 is 0 Å². The van der Waals surface area contributed by atoms with Crippen LogP contribution in [0.3, 0.4) is 0 Å². The second-order valence-electron chi connectivity index (χ2n) is 4.95. The second-order valence-corrected chi connectivity index (χ2v) is 6.53. The third-order valence-electron chi connectivity index (χ3n) is 3.39. The third-order valence-corrected chi connectivity index (χ3v) is 4.75. The average molecular weight is 234 g/mol. The van der Waals surface area contributed by atoms with Crippen molar-refractivity contribution in [2.45, 2.75) is 43.3 Å². The van der Waals surface area contributed by atoms with Crippen LogP contribution in [0.5, 0.6) is 0 Å². The van der Waals surface area contributed by atoms with E-state index in [-0.39, 0.29) is 10.7 Å². The number of Topliss-reactive ketones (excluding diaryl/α,β-unsaturated/α-hetero) is 1. The lowest BCUT2D eigenvalue weighted by molar-refractivity contribution is -0.121. The van der Waals surface area contributed by atoms with Gasteiger partial charge in [0.15, 0.2) is 5.78 Å². The number of benzene rings is 1. The van der Waals surface area contributed by atoms with Crippen LogP contribution in [0.2, 0.25) is 0 Å². The first-order valence-electron chi connectivity index (χ1n) is 5.81. The van der Waals surface area contributed by atoms with Gasteiger partial charge >= 0.3 is 0 Å². The Bertz CT molecular complexity index is 396. The van der Waals surface area contributed by atoms with E-state index in [1.165, 1.54) is 10.5 Å². The summed E-state index contributed by atoms with van der Waals surface area (Å²) in [5.41, 5.74) is 1.26. The maximum Gasteiger partial charge on any atom is 0.151 e. The molecule has 0 radical (unpaired) electrons.